The minimum absolute atomic E-state index is 0.0597. The molecular formula is C13H15N3O. The van der Waals surface area contributed by atoms with Crippen molar-refractivity contribution in [2.45, 2.75) is 25.8 Å². The highest BCUT2D eigenvalue weighted by molar-refractivity contribution is 5.81. The molecule has 2 aromatic rings. The average molecular weight is 229 g/mol. The molecule has 1 atom stereocenters. The third-order valence-corrected chi connectivity index (χ3v) is 3.12. The van der Waals surface area contributed by atoms with Crippen LogP contribution in [0.15, 0.2) is 24.3 Å². The fraction of sp³-hybridized carbons (Fsp3) is 0.385. The number of para-hydroxylation sites is 2. The molecule has 1 aliphatic rings. The van der Waals surface area contributed by atoms with Gasteiger partial charge in [-0.25, -0.2) is 4.98 Å². The highest BCUT2D eigenvalue weighted by Gasteiger charge is 2.30. The molecule has 2 N–H and O–H groups in total. The Morgan fingerprint density at radius 2 is 2.24 bits per heavy atom. The average Bonchev–Trinajstić information content (AvgIpc) is 3.08. The van der Waals surface area contributed by atoms with Crippen LogP contribution in [-0.2, 0) is 4.79 Å². The second-order valence-corrected chi connectivity index (χ2v) is 4.64. The SMILES string of the molecule is CC(NC(=O)C1CC1)c1nc2ccccc2[nH]1. The van der Waals surface area contributed by atoms with E-state index in [1.165, 1.54) is 0 Å². The predicted molar refractivity (Wildman–Crippen MR) is 65.4 cm³/mol. The van der Waals surface area contributed by atoms with Crippen LogP contribution in [0, 0.1) is 5.92 Å². The highest BCUT2D eigenvalue weighted by atomic mass is 16.2. The summed E-state index contributed by atoms with van der Waals surface area (Å²) in [5, 5.41) is 2.99. The van der Waals surface area contributed by atoms with Crippen molar-refractivity contribution < 1.29 is 4.79 Å². The summed E-state index contributed by atoms with van der Waals surface area (Å²) in [4.78, 5) is 19.4. The van der Waals surface area contributed by atoms with Crippen LogP contribution in [0.1, 0.15) is 31.6 Å². The monoisotopic (exact) mass is 229 g/mol. The number of benzene rings is 1. The molecule has 0 aliphatic heterocycles. The number of H-pyrrole nitrogens is 1. The molecule has 1 aromatic carbocycles. The molecule has 1 unspecified atom stereocenters. The van der Waals surface area contributed by atoms with E-state index in [-0.39, 0.29) is 17.9 Å². The molecular weight excluding hydrogens is 214 g/mol. The quantitative estimate of drug-likeness (QED) is 0.847. The van der Waals surface area contributed by atoms with Gasteiger partial charge >= 0.3 is 0 Å². The minimum Gasteiger partial charge on any atom is -0.346 e. The minimum atomic E-state index is -0.0597. The molecule has 4 nitrogen and oxygen atoms in total. The van der Waals surface area contributed by atoms with Gasteiger partial charge in [0.1, 0.15) is 5.82 Å². The van der Waals surface area contributed by atoms with Crippen molar-refractivity contribution >= 4 is 16.9 Å². The topological polar surface area (TPSA) is 57.8 Å². The van der Waals surface area contributed by atoms with Crippen molar-refractivity contribution in [3.05, 3.63) is 30.1 Å². The standard InChI is InChI=1S/C13H15N3O/c1-8(14-13(17)9-6-7-9)12-15-10-4-2-3-5-11(10)16-12/h2-5,8-9H,6-7H2,1H3,(H,14,17)(H,15,16). The molecule has 4 heteroatoms. The van der Waals surface area contributed by atoms with Crippen LogP contribution in [0.4, 0.5) is 0 Å². The van der Waals surface area contributed by atoms with Gasteiger partial charge in [-0.15, -0.1) is 0 Å². The number of nitrogens with zero attached hydrogens (tertiary/aromatic N) is 1. The largest absolute Gasteiger partial charge is 0.346 e. The number of carbonyl (C=O) groups is 1. The van der Waals surface area contributed by atoms with Gasteiger partial charge in [0.25, 0.3) is 0 Å². The van der Waals surface area contributed by atoms with Crippen molar-refractivity contribution in [2.24, 2.45) is 5.92 Å². The lowest BCUT2D eigenvalue weighted by Crippen LogP contribution is -2.28. The molecule has 0 saturated heterocycles. The Bertz CT molecular complexity index is 524. The summed E-state index contributed by atoms with van der Waals surface area (Å²) < 4.78 is 0. The van der Waals surface area contributed by atoms with E-state index in [1.807, 2.05) is 31.2 Å². The molecule has 1 fully saturated rings. The Balaban J connectivity index is 1.79. The number of imidazole rings is 1. The van der Waals surface area contributed by atoms with Crippen molar-refractivity contribution in [1.29, 1.82) is 0 Å². The van der Waals surface area contributed by atoms with Crippen LogP contribution in [-0.4, -0.2) is 15.9 Å². The molecule has 1 heterocycles. The molecule has 1 aliphatic carbocycles. The lowest BCUT2D eigenvalue weighted by Gasteiger charge is -2.10. The van der Waals surface area contributed by atoms with Crippen LogP contribution >= 0.6 is 0 Å². The Morgan fingerprint density at radius 3 is 2.94 bits per heavy atom. The molecule has 0 bridgehead atoms. The number of aromatic amines is 1. The number of hydrogen-bond acceptors (Lipinski definition) is 2. The van der Waals surface area contributed by atoms with E-state index in [0.717, 1.165) is 29.7 Å². The molecule has 1 aromatic heterocycles. The van der Waals surface area contributed by atoms with Gasteiger partial charge in [0, 0.05) is 5.92 Å². The fourth-order valence-electron chi connectivity index (χ4n) is 1.92. The first-order valence-corrected chi connectivity index (χ1v) is 5.99. The van der Waals surface area contributed by atoms with E-state index in [9.17, 15) is 4.79 Å². The van der Waals surface area contributed by atoms with Crippen LogP contribution in [0.2, 0.25) is 0 Å². The molecule has 1 saturated carbocycles. The van der Waals surface area contributed by atoms with Crippen LogP contribution in [0.3, 0.4) is 0 Å². The van der Waals surface area contributed by atoms with E-state index in [0.29, 0.717) is 0 Å². The summed E-state index contributed by atoms with van der Waals surface area (Å²) in [6.45, 7) is 1.96. The van der Waals surface area contributed by atoms with E-state index >= 15 is 0 Å². The third kappa shape index (κ3) is 2.02. The lowest BCUT2D eigenvalue weighted by molar-refractivity contribution is -0.123. The zero-order valence-electron chi connectivity index (χ0n) is 9.73. The van der Waals surface area contributed by atoms with Gasteiger partial charge in [-0.2, -0.15) is 0 Å². The first-order valence-electron chi connectivity index (χ1n) is 5.99. The summed E-state index contributed by atoms with van der Waals surface area (Å²) in [6, 6.07) is 7.82. The Morgan fingerprint density at radius 1 is 1.47 bits per heavy atom. The van der Waals surface area contributed by atoms with Gasteiger partial charge in [-0.1, -0.05) is 12.1 Å². The zero-order valence-corrected chi connectivity index (χ0v) is 9.73. The summed E-state index contributed by atoms with van der Waals surface area (Å²) in [5.74, 6) is 1.21. The number of amides is 1. The second-order valence-electron chi connectivity index (χ2n) is 4.64. The van der Waals surface area contributed by atoms with Crippen molar-refractivity contribution in [1.82, 2.24) is 15.3 Å². The van der Waals surface area contributed by atoms with Gasteiger partial charge in [0.05, 0.1) is 17.1 Å². The molecule has 3 rings (SSSR count). The summed E-state index contributed by atoms with van der Waals surface area (Å²) in [5.41, 5.74) is 1.95. The summed E-state index contributed by atoms with van der Waals surface area (Å²) >= 11 is 0. The summed E-state index contributed by atoms with van der Waals surface area (Å²) in [7, 11) is 0. The predicted octanol–water partition coefficient (Wildman–Crippen LogP) is 2.15. The molecule has 1 amide bonds. The maximum Gasteiger partial charge on any atom is 0.223 e. The number of nitrogens with one attached hydrogen (secondary N) is 2. The van der Waals surface area contributed by atoms with E-state index in [1.54, 1.807) is 0 Å². The second kappa shape index (κ2) is 3.87. The molecule has 0 radical (unpaired) electrons. The van der Waals surface area contributed by atoms with Crippen LogP contribution in [0.5, 0.6) is 0 Å². The van der Waals surface area contributed by atoms with Gasteiger partial charge < -0.3 is 10.3 Å². The Kier molecular flexibility index (Phi) is 2.35. The fourth-order valence-corrected chi connectivity index (χ4v) is 1.92. The van der Waals surface area contributed by atoms with Gasteiger partial charge in [-0.05, 0) is 31.9 Å². The Labute approximate surface area is 99.4 Å². The van der Waals surface area contributed by atoms with Crippen molar-refractivity contribution in [3.8, 4) is 0 Å². The number of fused-ring (bicyclic) bond motifs is 1. The number of rotatable bonds is 3. The maximum atomic E-state index is 11.7. The third-order valence-electron chi connectivity index (χ3n) is 3.12. The van der Waals surface area contributed by atoms with E-state index in [4.69, 9.17) is 0 Å². The smallest absolute Gasteiger partial charge is 0.223 e. The van der Waals surface area contributed by atoms with Crippen molar-refractivity contribution in [3.63, 3.8) is 0 Å². The van der Waals surface area contributed by atoms with Crippen LogP contribution < -0.4 is 5.32 Å². The molecule has 88 valence electrons. The summed E-state index contributed by atoms with van der Waals surface area (Å²) in [6.07, 6.45) is 2.05. The molecule has 17 heavy (non-hydrogen) atoms. The van der Waals surface area contributed by atoms with Gasteiger partial charge in [0.2, 0.25) is 5.91 Å². The zero-order chi connectivity index (χ0) is 11.8. The number of hydrogen-bond donors (Lipinski definition) is 2. The van der Waals surface area contributed by atoms with Crippen LogP contribution in [0.25, 0.3) is 11.0 Å². The first kappa shape index (κ1) is 10.3. The lowest BCUT2D eigenvalue weighted by atomic mass is 10.3. The van der Waals surface area contributed by atoms with E-state index in [2.05, 4.69) is 15.3 Å². The van der Waals surface area contributed by atoms with Crippen molar-refractivity contribution in [2.75, 3.05) is 0 Å². The number of aromatic nitrogens is 2. The number of carbonyl (C=O) groups excluding carboxylic acids is 1. The first-order chi connectivity index (χ1) is 8.24. The van der Waals surface area contributed by atoms with Gasteiger partial charge in [0.15, 0.2) is 0 Å². The molecule has 0 spiro atoms. The maximum absolute atomic E-state index is 11.7. The van der Waals surface area contributed by atoms with E-state index < -0.39 is 0 Å². The normalized spacial score (nSPS) is 17.0. The Hall–Kier alpha value is -1.84. The van der Waals surface area contributed by atoms with Gasteiger partial charge in [-0.3, -0.25) is 4.79 Å². The highest BCUT2D eigenvalue weighted by Crippen LogP contribution is 2.29.